The van der Waals surface area contributed by atoms with E-state index in [0.29, 0.717) is 24.9 Å². The maximum absolute atomic E-state index is 11.6. The molecule has 132 valence electrons. The minimum Gasteiger partial charge on any atom is -0.490 e. The number of benzene rings is 1. The summed E-state index contributed by atoms with van der Waals surface area (Å²) in [4.78, 5) is 15.7. The van der Waals surface area contributed by atoms with Crippen LogP contribution in [0, 0.1) is 5.92 Å². The van der Waals surface area contributed by atoms with Gasteiger partial charge in [-0.15, -0.1) is 24.0 Å². The molecule has 0 atom stereocenters. The Morgan fingerprint density at radius 2 is 2.00 bits per heavy atom. The zero-order valence-electron chi connectivity index (χ0n) is 13.4. The van der Waals surface area contributed by atoms with Gasteiger partial charge in [0, 0.05) is 24.7 Å². The first-order chi connectivity index (χ1) is 11.2. The molecule has 1 aliphatic carbocycles. The Labute approximate surface area is 158 Å². The number of halogens is 1. The molecule has 8 heteroatoms. The lowest BCUT2D eigenvalue weighted by Gasteiger charge is -2.10. The lowest BCUT2D eigenvalue weighted by atomic mass is 10.3. The second kappa shape index (κ2) is 8.95. The molecule has 1 amide bonds. The van der Waals surface area contributed by atoms with Crippen LogP contribution in [0.2, 0.25) is 0 Å². The number of anilines is 1. The molecule has 1 fully saturated rings. The fourth-order valence-corrected chi connectivity index (χ4v) is 2.22. The highest BCUT2D eigenvalue weighted by Crippen LogP contribution is 2.32. The van der Waals surface area contributed by atoms with E-state index in [1.807, 2.05) is 18.2 Å². The van der Waals surface area contributed by atoms with Crippen molar-refractivity contribution in [3.05, 3.63) is 18.2 Å². The molecule has 1 aliphatic heterocycles. The highest BCUT2D eigenvalue weighted by Gasteiger charge is 2.21. The molecule has 3 rings (SSSR count). The number of hydrogen-bond donors (Lipinski definition) is 3. The summed E-state index contributed by atoms with van der Waals surface area (Å²) in [6.45, 7) is 2.04. The summed E-state index contributed by atoms with van der Waals surface area (Å²) in [5.74, 6) is 2.15. The van der Waals surface area contributed by atoms with Crippen LogP contribution >= 0.6 is 24.0 Å². The van der Waals surface area contributed by atoms with E-state index in [1.165, 1.54) is 12.8 Å². The molecule has 7 nitrogen and oxygen atoms in total. The summed E-state index contributed by atoms with van der Waals surface area (Å²) in [6.07, 6.45) is 3.27. The standard InChI is InChI=1S/C16H22N4O3.HI/c17-16(19-10-15(21)18-9-11-2-3-11)20-12-4-5-13-14(8-12)23-7-1-6-22-13;/h4-5,8,11H,1-3,6-7,9-10H2,(H,18,21)(H3,17,19,20);1H. The van der Waals surface area contributed by atoms with Crippen LogP contribution in [0.1, 0.15) is 19.3 Å². The quantitative estimate of drug-likeness (QED) is 0.364. The molecular weight excluding hydrogens is 423 g/mol. The summed E-state index contributed by atoms with van der Waals surface area (Å²) in [6, 6.07) is 5.48. The summed E-state index contributed by atoms with van der Waals surface area (Å²) in [5.41, 5.74) is 6.56. The van der Waals surface area contributed by atoms with Crippen LogP contribution < -0.4 is 25.8 Å². The van der Waals surface area contributed by atoms with E-state index < -0.39 is 0 Å². The van der Waals surface area contributed by atoms with Gasteiger partial charge in [-0.05, 0) is 30.9 Å². The fraction of sp³-hybridized carbons (Fsp3) is 0.500. The number of carbonyl (C=O) groups is 1. The highest BCUT2D eigenvalue weighted by molar-refractivity contribution is 14.0. The Balaban J connectivity index is 0.00000208. The summed E-state index contributed by atoms with van der Waals surface area (Å²) >= 11 is 0. The predicted octanol–water partition coefficient (Wildman–Crippen LogP) is 1.72. The minimum absolute atomic E-state index is 0. The van der Waals surface area contributed by atoms with Gasteiger partial charge < -0.3 is 25.8 Å². The van der Waals surface area contributed by atoms with Gasteiger partial charge in [-0.2, -0.15) is 0 Å². The molecule has 0 saturated heterocycles. The first-order valence-corrected chi connectivity index (χ1v) is 7.94. The van der Waals surface area contributed by atoms with Crippen LogP contribution in [0.4, 0.5) is 5.69 Å². The van der Waals surface area contributed by atoms with Gasteiger partial charge >= 0.3 is 0 Å². The van der Waals surface area contributed by atoms with E-state index in [-0.39, 0.29) is 42.4 Å². The van der Waals surface area contributed by atoms with Crippen LogP contribution in [-0.4, -0.2) is 38.2 Å². The zero-order chi connectivity index (χ0) is 16.1. The van der Waals surface area contributed by atoms with E-state index in [0.717, 1.165) is 24.4 Å². The van der Waals surface area contributed by atoms with Crippen molar-refractivity contribution in [3.8, 4) is 11.5 Å². The van der Waals surface area contributed by atoms with E-state index in [1.54, 1.807) is 0 Å². The van der Waals surface area contributed by atoms with Gasteiger partial charge in [0.2, 0.25) is 5.91 Å². The van der Waals surface area contributed by atoms with E-state index in [9.17, 15) is 4.79 Å². The van der Waals surface area contributed by atoms with E-state index in [4.69, 9.17) is 15.2 Å². The molecule has 0 aromatic heterocycles. The van der Waals surface area contributed by atoms with Crippen LogP contribution in [0.15, 0.2) is 23.2 Å². The number of fused-ring (bicyclic) bond motifs is 1. The number of nitrogens with two attached hydrogens (primary N) is 1. The number of rotatable bonds is 5. The van der Waals surface area contributed by atoms with Crippen molar-refractivity contribution in [1.82, 2.24) is 5.32 Å². The van der Waals surface area contributed by atoms with E-state index >= 15 is 0 Å². The third-order valence-electron chi connectivity index (χ3n) is 3.70. The van der Waals surface area contributed by atoms with Crippen molar-refractivity contribution >= 4 is 41.5 Å². The number of nitrogens with one attached hydrogen (secondary N) is 2. The summed E-state index contributed by atoms with van der Waals surface area (Å²) in [5, 5.41) is 5.80. The van der Waals surface area contributed by atoms with Crippen LogP contribution in [0.25, 0.3) is 0 Å². The Bertz CT molecular complexity index is 605. The topological polar surface area (TPSA) is 98.0 Å². The maximum Gasteiger partial charge on any atom is 0.241 e. The van der Waals surface area contributed by atoms with Crippen molar-refractivity contribution in [2.45, 2.75) is 19.3 Å². The number of guanidine groups is 1. The molecular formula is C16H23IN4O3. The number of ether oxygens (including phenoxy) is 2. The average molecular weight is 446 g/mol. The zero-order valence-corrected chi connectivity index (χ0v) is 15.7. The van der Waals surface area contributed by atoms with Crippen molar-refractivity contribution in [2.75, 3.05) is 31.6 Å². The van der Waals surface area contributed by atoms with Gasteiger partial charge in [-0.3, -0.25) is 4.79 Å². The van der Waals surface area contributed by atoms with Crippen molar-refractivity contribution in [3.63, 3.8) is 0 Å². The largest absolute Gasteiger partial charge is 0.490 e. The fourth-order valence-electron chi connectivity index (χ4n) is 2.22. The second-order valence-corrected chi connectivity index (χ2v) is 5.79. The molecule has 1 aromatic carbocycles. The molecule has 4 N–H and O–H groups in total. The van der Waals surface area contributed by atoms with Crippen LogP contribution in [-0.2, 0) is 4.79 Å². The first kappa shape index (κ1) is 18.6. The molecule has 24 heavy (non-hydrogen) atoms. The molecule has 2 aliphatic rings. The molecule has 0 unspecified atom stereocenters. The number of nitrogens with zero attached hydrogens (tertiary/aromatic N) is 1. The van der Waals surface area contributed by atoms with Gasteiger partial charge in [-0.1, -0.05) is 0 Å². The number of hydrogen-bond acceptors (Lipinski definition) is 4. The van der Waals surface area contributed by atoms with Crippen LogP contribution in [0.3, 0.4) is 0 Å². The molecule has 0 bridgehead atoms. The highest BCUT2D eigenvalue weighted by atomic mass is 127. The third kappa shape index (κ3) is 5.73. The molecule has 0 spiro atoms. The molecule has 0 radical (unpaired) electrons. The van der Waals surface area contributed by atoms with E-state index in [2.05, 4.69) is 15.6 Å². The summed E-state index contributed by atoms with van der Waals surface area (Å²) < 4.78 is 11.2. The Hall–Kier alpha value is -1.71. The van der Waals surface area contributed by atoms with Gasteiger partial charge in [0.05, 0.1) is 13.2 Å². The third-order valence-corrected chi connectivity index (χ3v) is 3.70. The Morgan fingerprint density at radius 3 is 2.75 bits per heavy atom. The molecule has 1 aromatic rings. The van der Waals surface area contributed by atoms with Gasteiger partial charge in [0.15, 0.2) is 17.5 Å². The number of amides is 1. The Morgan fingerprint density at radius 1 is 1.25 bits per heavy atom. The predicted molar refractivity (Wildman–Crippen MR) is 103 cm³/mol. The van der Waals surface area contributed by atoms with Gasteiger partial charge in [-0.25, -0.2) is 4.99 Å². The smallest absolute Gasteiger partial charge is 0.241 e. The SMILES string of the molecule is I.NC(=NCC(=O)NCC1CC1)Nc1ccc2c(c1)OCCCO2. The monoisotopic (exact) mass is 446 g/mol. The molecule has 1 saturated carbocycles. The number of carbonyl (C=O) groups excluding carboxylic acids is 1. The first-order valence-electron chi connectivity index (χ1n) is 7.94. The summed E-state index contributed by atoms with van der Waals surface area (Å²) in [7, 11) is 0. The minimum atomic E-state index is -0.111. The normalized spacial score (nSPS) is 16.6. The Kier molecular flexibility index (Phi) is 6.95. The van der Waals surface area contributed by atoms with Gasteiger partial charge in [0.1, 0.15) is 6.54 Å². The molecule has 1 heterocycles. The maximum atomic E-state index is 11.6. The van der Waals surface area contributed by atoms with Crippen LogP contribution in [0.5, 0.6) is 11.5 Å². The average Bonchev–Trinajstić information content (AvgIpc) is 3.37. The van der Waals surface area contributed by atoms with Crippen molar-refractivity contribution < 1.29 is 14.3 Å². The van der Waals surface area contributed by atoms with Gasteiger partial charge in [0.25, 0.3) is 0 Å². The number of aliphatic imine (C=N–C) groups is 1. The lowest BCUT2D eigenvalue weighted by Crippen LogP contribution is -2.30. The van der Waals surface area contributed by atoms with Crippen molar-refractivity contribution in [2.24, 2.45) is 16.6 Å². The van der Waals surface area contributed by atoms with Crippen molar-refractivity contribution in [1.29, 1.82) is 0 Å². The second-order valence-electron chi connectivity index (χ2n) is 5.79. The lowest BCUT2D eigenvalue weighted by molar-refractivity contribution is -0.119.